The van der Waals surface area contributed by atoms with Crippen LogP contribution in [0, 0.1) is 5.92 Å². The number of nitrogens with one attached hydrogen (secondary N) is 1. The maximum Gasteiger partial charge on any atom is 0.340 e. The maximum absolute atomic E-state index is 11.5. The summed E-state index contributed by atoms with van der Waals surface area (Å²) in [5.74, 6) is 0.954. The van der Waals surface area contributed by atoms with Gasteiger partial charge in [-0.1, -0.05) is 19.3 Å². The van der Waals surface area contributed by atoms with E-state index in [0.717, 1.165) is 6.54 Å². The molecule has 5 nitrogen and oxygen atoms in total. The monoisotopic (exact) mass is 263 g/mol. The van der Waals surface area contributed by atoms with Crippen molar-refractivity contribution in [1.82, 2.24) is 4.98 Å². The first-order chi connectivity index (χ1) is 9.20. The fourth-order valence-corrected chi connectivity index (χ4v) is 2.49. The van der Waals surface area contributed by atoms with Crippen molar-refractivity contribution in [3.8, 4) is 0 Å². The molecular weight excluding hydrogens is 242 g/mol. The van der Waals surface area contributed by atoms with E-state index < -0.39 is 5.97 Å². The minimum Gasteiger partial charge on any atom is -0.465 e. The van der Waals surface area contributed by atoms with Gasteiger partial charge >= 0.3 is 5.97 Å². The summed E-state index contributed by atoms with van der Waals surface area (Å²) in [5, 5.41) is 3.29. The molecule has 0 spiro atoms. The van der Waals surface area contributed by atoms with E-state index in [1.807, 2.05) is 0 Å². The number of hydrogen-bond acceptors (Lipinski definition) is 5. The standard InChI is InChI=1S/C14H21N3O2/c1-19-14(18)11-7-13(17-9-12(11)15)16-8-10-5-3-2-4-6-10/h7,9-10H,2-6,8,15H2,1H3,(H,16,17). The Bertz CT molecular complexity index is 442. The second kappa shape index (κ2) is 6.41. The van der Waals surface area contributed by atoms with Gasteiger partial charge in [-0.2, -0.15) is 0 Å². The van der Waals surface area contributed by atoms with Crippen molar-refractivity contribution in [1.29, 1.82) is 0 Å². The number of nitrogens with zero attached hydrogens (tertiary/aromatic N) is 1. The molecule has 0 aromatic carbocycles. The van der Waals surface area contributed by atoms with Crippen LogP contribution in [0.3, 0.4) is 0 Å². The average Bonchev–Trinajstić information content (AvgIpc) is 2.46. The zero-order chi connectivity index (χ0) is 13.7. The molecular formula is C14H21N3O2. The summed E-state index contributed by atoms with van der Waals surface area (Å²) >= 11 is 0. The van der Waals surface area contributed by atoms with E-state index in [0.29, 0.717) is 23.0 Å². The maximum atomic E-state index is 11.5. The van der Waals surface area contributed by atoms with Crippen LogP contribution in [-0.4, -0.2) is 24.6 Å². The highest BCUT2D eigenvalue weighted by Crippen LogP contribution is 2.24. The van der Waals surface area contributed by atoms with E-state index in [1.165, 1.54) is 45.4 Å². The van der Waals surface area contributed by atoms with E-state index in [-0.39, 0.29) is 0 Å². The van der Waals surface area contributed by atoms with Gasteiger partial charge in [-0.05, 0) is 24.8 Å². The molecule has 3 N–H and O–H groups in total. The number of hydrogen-bond donors (Lipinski definition) is 2. The highest BCUT2D eigenvalue weighted by molar-refractivity contribution is 5.95. The highest BCUT2D eigenvalue weighted by Gasteiger charge is 2.15. The molecule has 0 bridgehead atoms. The molecule has 0 aliphatic heterocycles. The summed E-state index contributed by atoms with van der Waals surface area (Å²) < 4.78 is 4.69. The average molecular weight is 263 g/mol. The second-order valence-corrected chi connectivity index (χ2v) is 5.03. The van der Waals surface area contributed by atoms with Crippen LogP contribution < -0.4 is 11.1 Å². The van der Waals surface area contributed by atoms with Crippen molar-refractivity contribution in [2.45, 2.75) is 32.1 Å². The Balaban J connectivity index is 1.98. The number of esters is 1. The Morgan fingerprint density at radius 3 is 2.89 bits per heavy atom. The van der Waals surface area contributed by atoms with Crippen LogP contribution in [0.1, 0.15) is 42.5 Å². The van der Waals surface area contributed by atoms with Crippen LogP contribution in [0.4, 0.5) is 11.5 Å². The van der Waals surface area contributed by atoms with Gasteiger partial charge in [0.05, 0.1) is 24.6 Å². The summed E-state index contributed by atoms with van der Waals surface area (Å²) in [6.07, 6.45) is 8.01. The van der Waals surface area contributed by atoms with Crippen molar-refractivity contribution < 1.29 is 9.53 Å². The lowest BCUT2D eigenvalue weighted by atomic mass is 9.89. The number of anilines is 2. The van der Waals surface area contributed by atoms with Crippen LogP contribution in [0.2, 0.25) is 0 Å². The predicted octanol–water partition coefficient (Wildman–Crippen LogP) is 2.44. The third-order valence-electron chi connectivity index (χ3n) is 3.64. The lowest BCUT2D eigenvalue weighted by Crippen LogP contribution is -2.18. The van der Waals surface area contributed by atoms with E-state index in [4.69, 9.17) is 10.5 Å². The molecule has 0 saturated heterocycles. The van der Waals surface area contributed by atoms with E-state index in [1.54, 1.807) is 6.07 Å². The Morgan fingerprint density at radius 2 is 2.21 bits per heavy atom. The van der Waals surface area contributed by atoms with E-state index in [2.05, 4.69) is 10.3 Å². The smallest absolute Gasteiger partial charge is 0.340 e. The summed E-state index contributed by atoms with van der Waals surface area (Å²) in [6.45, 7) is 0.900. The molecule has 1 aromatic heterocycles. The fraction of sp³-hybridized carbons (Fsp3) is 0.571. The Labute approximate surface area is 113 Å². The van der Waals surface area contributed by atoms with Crippen LogP contribution >= 0.6 is 0 Å². The van der Waals surface area contributed by atoms with Gasteiger partial charge in [0.25, 0.3) is 0 Å². The Morgan fingerprint density at radius 1 is 1.47 bits per heavy atom. The molecule has 104 valence electrons. The van der Waals surface area contributed by atoms with E-state index >= 15 is 0 Å². The third-order valence-corrected chi connectivity index (χ3v) is 3.64. The van der Waals surface area contributed by atoms with Crippen molar-refractivity contribution >= 4 is 17.5 Å². The molecule has 1 saturated carbocycles. The first-order valence-electron chi connectivity index (χ1n) is 6.78. The number of ether oxygens (including phenoxy) is 1. The second-order valence-electron chi connectivity index (χ2n) is 5.03. The van der Waals surface area contributed by atoms with Crippen LogP contribution in [-0.2, 0) is 4.74 Å². The van der Waals surface area contributed by atoms with Gasteiger partial charge < -0.3 is 15.8 Å². The number of methoxy groups -OCH3 is 1. The number of aromatic nitrogens is 1. The first-order valence-corrected chi connectivity index (χ1v) is 6.78. The zero-order valence-corrected chi connectivity index (χ0v) is 11.3. The molecule has 0 atom stereocenters. The summed E-state index contributed by atoms with van der Waals surface area (Å²) in [4.78, 5) is 15.7. The molecule has 0 radical (unpaired) electrons. The number of rotatable bonds is 4. The lowest BCUT2D eigenvalue weighted by Gasteiger charge is -2.22. The molecule has 5 heteroatoms. The molecule has 1 heterocycles. The van der Waals surface area contributed by atoms with Crippen molar-refractivity contribution in [2.24, 2.45) is 5.92 Å². The van der Waals surface area contributed by atoms with Gasteiger partial charge in [-0.25, -0.2) is 9.78 Å². The SMILES string of the molecule is COC(=O)c1cc(NCC2CCCCC2)ncc1N. The molecule has 1 aliphatic rings. The molecule has 0 amide bonds. The van der Waals surface area contributed by atoms with E-state index in [9.17, 15) is 4.79 Å². The zero-order valence-electron chi connectivity index (χ0n) is 11.3. The lowest BCUT2D eigenvalue weighted by molar-refractivity contribution is 0.0602. The number of carbonyl (C=O) groups excluding carboxylic acids is 1. The van der Waals surface area contributed by atoms with Gasteiger partial charge in [0, 0.05) is 6.54 Å². The number of carbonyl (C=O) groups is 1. The van der Waals surface area contributed by atoms with Crippen LogP contribution in [0.15, 0.2) is 12.3 Å². The molecule has 19 heavy (non-hydrogen) atoms. The van der Waals surface area contributed by atoms with Crippen molar-refractivity contribution in [3.63, 3.8) is 0 Å². The minimum absolute atomic E-state index is 0.343. The quantitative estimate of drug-likeness (QED) is 0.816. The van der Waals surface area contributed by atoms with Crippen molar-refractivity contribution in [3.05, 3.63) is 17.8 Å². The fourth-order valence-electron chi connectivity index (χ4n) is 2.49. The predicted molar refractivity (Wildman–Crippen MR) is 75.1 cm³/mol. The Kier molecular flexibility index (Phi) is 4.60. The minimum atomic E-state index is -0.430. The third kappa shape index (κ3) is 3.59. The first kappa shape index (κ1) is 13.6. The van der Waals surface area contributed by atoms with Gasteiger partial charge in [0.2, 0.25) is 0 Å². The normalized spacial score (nSPS) is 16.1. The molecule has 1 aromatic rings. The topological polar surface area (TPSA) is 77.2 Å². The van der Waals surface area contributed by atoms with Crippen LogP contribution in [0.25, 0.3) is 0 Å². The van der Waals surface area contributed by atoms with Gasteiger partial charge in [0.1, 0.15) is 5.82 Å². The number of nitrogen functional groups attached to an aromatic ring is 1. The molecule has 0 unspecified atom stereocenters. The summed E-state index contributed by atoms with van der Waals surface area (Å²) in [7, 11) is 1.34. The van der Waals surface area contributed by atoms with Gasteiger partial charge in [-0.3, -0.25) is 0 Å². The molecule has 1 aliphatic carbocycles. The van der Waals surface area contributed by atoms with Crippen LogP contribution in [0.5, 0.6) is 0 Å². The summed E-state index contributed by atoms with van der Waals surface area (Å²) in [6, 6.07) is 1.66. The summed E-state index contributed by atoms with van der Waals surface area (Å²) in [5.41, 5.74) is 6.42. The number of pyridine rings is 1. The van der Waals surface area contributed by atoms with Gasteiger partial charge in [0.15, 0.2) is 0 Å². The Hall–Kier alpha value is -1.78. The largest absolute Gasteiger partial charge is 0.465 e. The van der Waals surface area contributed by atoms with Gasteiger partial charge in [-0.15, -0.1) is 0 Å². The highest BCUT2D eigenvalue weighted by atomic mass is 16.5. The van der Waals surface area contributed by atoms with Crippen molar-refractivity contribution in [2.75, 3.05) is 24.7 Å². The molecule has 2 rings (SSSR count). The number of nitrogens with two attached hydrogens (primary N) is 1. The molecule has 1 fully saturated rings.